The molecule has 1 saturated heterocycles. The lowest BCUT2D eigenvalue weighted by Gasteiger charge is -2.36. The molecule has 0 aliphatic carbocycles. The molecule has 0 spiro atoms. The average Bonchev–Trinajstić information content (AvgIpc) is 2.81. The summed E-state index contributed by atoms with van der Waals surface area (Å²) < 4.78 is 5.51. The van der Waals surface area contributed by atoms with Crippen molar-refractivity contribution in [2.24, 2.45) is 0 Å². The number of hydrogen-bond donors (Lipinski definition) is 1. The van der Waals surface area contributed by atoms with Gasteiger partial charge in [0.1, 0.15) is 0 Å². The van der Waals surface area contributed by atoms with Crippen LogP contribution in [0.3, 0.4) is 0 Å². The Balaban J connectivity index is 0.00000204. The first-order valence-electron chi connectivity index (χ1n) is 11.7. The second kappa shape index (κ2) is 13.4. The quantitative estimate of drug-likeness (QED) is 0.390. The summed E-state index contributed by atoms with van der Waals surface area (Å²) in [6.07, 6.45) is 1.65. The lowest BCUT2D eigenvalue weighted by atomic mass is 9.94. The van der Waals surface area contributed by atoms with Crippen molar-refractivity contribution in [2.45, 2.75) is 25.9 Å². The molecule has 7 nitrogen and oxygen atoms in total. The van der Waals surface area contributed by atoms with E-state index in [1.807, 2.05) is 36.4 Å². The largest absolute Gasteiger partial charge is 0.389 e. The summed E-state index contributed by atoms with van der Waals surface area (Å²) in [5.41, 5.74) is 1.22. The molecule has 2 amide bonds. The predicted octanol–water partition coefficient (Wildman–Crippen LogP) is 3.07. The van der Waals surface area contributed by atoms with Crippen LogP contribution in [0.1, 0.15) is 40.5 Å². The van der Waals surface area contributed by atoms with Gasteiger partial charge < -0.3 is 9.84 Å². The van der Waals surface area contributed by atoms with Crippen LogP contribution in [0.5, 0.6) is 0 Å². The number of carbonyl (C=O) groups is 2. The summed E-state index contributed by atoms with van der Waals surface area (Å²) >= 11 is 0. The molecule has 188 valence electrons. The third kappa shape index (κ3) is 6.47. The fourth-order valence-corrected chi connectivity index (χ4v) is 4.54. The van der Waals surface area contributed by atoms with Gasteiger partial charge in [0.05, 0.1) is 12.7 Å². The summed E-state index contributed by atoms with van der Waals surface area (Å²) in [6, 6.07) is 11.2. The summed E-state index contributed by atoms with van der Waals surface area (Å²) in [7, 11) is 0. The van der Waals surface area contributed by atoms with Crippen LogP contribution >= 0.6 is 24.8 Å². The molecule has 2 aliphatic rings. The Hall–Kier alpha value is -1.74. The molecule has 0 aromatic heterocycles. The summed E-state index contributed by atoms with van der Waals surface area (Å²) in [5, 5.41) is 11.9. The van der Waals surface area contributed by atoms with E-state index in [0.29, 0.717) is 44.0 Å². The smallest absolute Gasteiger partial charge is 0.261 e. The van der Waals surface area contributed by atoms with Crippen LogP contribution < -0.4 is 0 Å². The molecule has 1 atom stereocenters. The van der Waals surface area contributed by atoms with Crippen molar-refractivity contribution in [3.05, 3.63) is 47.5 Å². The Morgan fingerprint density at radius 2 is 1.50 bits per heavy atom. The third-order valence-electron chi connectivity index (χ3n) is 6.38. The second-order valence-corrected chi connectivity index (χ2v) is 8.70. The zero-order chi connectivity index (χ0) is 22.5. The SMILES string of the molecule is CCCCOCC(O)CN1CCN(CCN2C(=O)c3cccc4cccc(c34)C2=O)CC1.Cl.Cl. The summed E-state index contributed by atoms with van der Waals surface area (Å²) in [5.74, 6) is -0.409. The van der Waals surface area contributed by atoms with Gasteiger partial charge in [-0.1, -0.05) is 37.6 Å². The zero-order valence-electron chi connectivity index (χ0n) is 19.6. The van der Waals surface area contributed by atoms with Crippen molar-refractivity contribution in [3.8, 4) is 0 Å². The number of rotatable bonds is 10. The Bertz CT molecular complexity index is 916. The third-order valence-corrected chi connectivity index (χ3v) is 6.38. The van der Waals surface area contributed by atoms with Crippen molar-refractivity contribution in [3.63, 3.8) is 0 Å². The number of aliphatic hydroxyl groups excluding tert-OH is 1. The highest BCUT2D eigenvalue weighted by Crippen LogP contribution is 2.29. The molecule has 1 unspecified atom stereocenters. The van der Waals surface area contributed by atoms with Crippen molar-refractivity contribution < 1.29 is 19.4 Å². The van der Waals surface area contributed by atoms with E-state index in [9.17, 15) is 14.7 Å². The number of carbonyl (C=O) groups excluding carboxylic acids is 2. The van der Waals surface area contributed by atoms with Gasteiger partial charge in [-0.05, 0) is 23.9 Å². The Kier molecular flexibility index (Phi) is 11.2. The van der Waals surface area contributed by atoms with Gasteiger partial charge in [-0.25, -0.2) is 0 Å². The topological polar surface area (TPSA) is 73.3 Å². The van der Waals surface area contributed by atoms with Gasteiger partial charge in [0.25, 0.3) is 11.8 Å². The molecule has 4 rings (SSSR count). The maximum Gasteiger partial charge on any atom is 0.261 e. The fraction of sp³-hybridized carbons (Fsp3) is 0.520. The Labute approximate surface area is 213 Å². The number of imide groups is 1. The minimum Gasteiger partial charge on any atom is -0.389 e. The number of β-amino-alcohol motifs (C(OH)–C–C–N with tert-alkyl or cyclic N) is 1. The number of ether oxygens (including phenoxy) is 1. The van der Waals surface area contributed by atoms with Crippen LogP contribution in [0.2, 0.25) is 0 Å². The lowest BCUT2D eigenvalue weighted by molar-refractivity contribution is 0.00592. The van der Waals surface area contributed by atoms with Gasteiger partial charge in [-0.2, -0.15) is 0 Å². The number of benzene rings is 2. The first kappa shape index (κ1) is 28.5. The predicted molar refractivity (Wildman–Crippen MR) is 138 cm³/mol. The van der Waals surface area contributed by atoms with Crippen LogP contribution in [0.4, 0.5) is 0 Å². The van der Waals surface area contributed by atoms with Crippen molar-refractivity contribution in [2.75, 3.05) is 59.0 Å². The van der Waals surface area contributed by atoms with Gasteiger partial charge in [0.15, 0.2) is 0 Å². The van der Waals surface area contributed by atoms with Gasteiger partial charge in [0, 0.05) is 68.9 Å². The fourth-order valence-electron chi connectivity index (χ4n) is 4.54. The highest BCUT2D eigenvalue weighted by atomic mass is 35.5. The number of hydrogen-bond acceptors (Lipinski definition) is 6. The minimum atomic E-state index is -0.468. The van der Waals surface area contributed by atoms with Gasteiger partial charge in [0.2, 0.25) is 0 Å². The van der Waals surface area contributed by atoms with Crippen molar-refractivity contribution >= 4 is 47.4 Å². The van der Waals surface area contributed by atoms with Gasteiger partial charge in [-0.3, -0.25) is 24.3 Å². The van der Waals surface area contributed by atoms with E-state index in [1.165, 1.54) is 4.90 Å². The van der Waals surface area contributed by atoms with Crippen LogP contribution in [-0.4, -0.2) is 96.8 Å². The van der Waals surface area contributed by atoms with E-state index < -0.39 is 6.10 Å². The monoisotopic (exact) mass is 511 g/mol. The normalized spacial score (nSPS) is 17.4. The van der Waals surface area contributed by atoms with Gasteiger partial charge >= 0.3 is 0 Å². The van der Waals surface area contributed by atoms with E-state index >= 15 is 0 Å². The molecule has 34 heavy (non-hydrogen) atoms. The average molecular weight is 512 g/mol. The van der Waals surface area contributed by atoms with E-state index in [4.69, 9.17) is 4.74 Å². The molecule has 2 aromatic rings. The molecular weight excluding hydrogens is 477 g/mol. The number of amides is 2. The van der Waals surface area contributed by atoms with Crippen LogP contribution in [0, 0.1) is 0 Å². The molecule has 1 N–H and O–H groups in total. The minimum absolute atomic E-state index is 0. The Morgan fingerprint density at radius 1 is 0.912 bits per heavy atom. The molecule has 2 heterocycles. The highest BCUT2D eigenvalue weighted by Gasteiger charge is 2.32. The van der Waals surface area contributed by atoms with E-state index in [2.05, 4.69) is 16.7 Å². The second-order valence-electron chi connectivity index (χ2n) is 8.70. The number of nitrogens with zero attached hydrogens (tertiary/aromatic N) is 3. The van der Waals surface area contributed by atoms with E-state index in [1.54, 1.807) is 0 Å². The number of halogens is 2. The van der Waals surface area contributed by atoms with E-state index in [-0.39, 0.29) is 36.6 Å². The lowest BCUT2D eigenvalue weighted by Crippen LogP contribution is -2.51. The molecule has 2 aromatic carbocycles. The van der Waals surface area contributed by atoms with Crippen LogP contribution in [0.25, 0.3) is 10.8 Å². The number of unbranched alkanes of at least 4 members (excludes halogenated alkanes) is 1. The maximum absolute atomic E-state index is 13.0. The molecule has 9 heteroatoms. The van der Waals surface area contributed by atoms with Crippen molar-refractivity contribution in [1.29, 1.82) is 0 Å². The summed E-state index contributed by atoms with van der Waals surface area (Å²) in [4.78, 5) is 32.0. The number of piperazine rings is 1. The molecule has 0 saturated carbocycles. The van der Waals surface area contributed by atoms with Crippen LogP contribution in [-0.2, 0) is 4.74 Å². The first-order valence-corrected chi connectivity index (χ1v) is 11.7. The van der Waals surface area contributed by atoms with Crippen LogP contribution in [0.15, 0.2) is 36.4 Å². The number of aliphatic hydroxyl groups is 1. The first-order chi connectivity index (χ1) is 15.6. The Morgan fingerprint density at radius 3 is 2.09 bits per heavy atom. The van der Waals surface area contributed by atoms with Gasteiger partial charge in [-0.15, -0.1) is 24.8 Å². The molecular formula is C25H35Cl2N3O4. The molecule has 0 bridgehead atoms. The van der Waals surface area contributed by atoms with E-state index in [0.717, 1.165) is 49.8 Å². The zero-order valence-corrected chi connectivity index (χ0v) is 21.3. The maximum atomic E-state index is 13.0. The summed E-state index contributed by atoms with van der Waals surface area (Å²) in [6.45, 7) is 8.29. The molecule has 0 radical (unpaired) electrons. The standard InChI is InChI=1S/C25H33N3O4.2ClH/c1-2-3-16-32-18-20(29)17-27-12-10-26(11-13-27)14-15-28-24(30)21-8-4-6-19-7-5-9-22(23(19)21)25(28)31;;/h4-9,20,29H,2-3,10-18H2,1H3;2*1H. The van der Waals surface area contributed by atoms with Crippen molar-refractivity contribution in [1.82, 2.24) is 14.7 Å². The molecule has 2 aliphatic heterocycles. The molecule has 1 fully saturated rings. The highest BCUT2D eigenvalue weighted by molar-refractivity contribution is 6.25.